The molecule has 2 aliphatic rings. The lowest BCUT2D eigenvalue weighted by Gasteiger charge is -2.26. The lowest BCUT2D eigenvalue weighted by atomic mass is 10.0. The number of nitrogens with zero attached hydrogens (tertiary/aromatic N) is 1. The van der Waals surface area contributed by atoms with Gasteiger partial charge in [-0.1, -0.05) is 19.3 Å². The Labute approximate surface area is 190 Å². The van der Waals surface area contributed by atoms with Gasteiger partial charge in [0, 0.05) is 37.1 Å². The summed E-state index contributed by atoms with van der Waals surface area (Å²) in [7, 11) is -2.03. The SMILES string of the molecule is COc1ccc(S(=O)(=O)N2CCOCC2)cc1CCC(=O)NCCSC1CCCCC1. The monoisotopic (exact) mass is 470 g/mol. The molecule has 1 aliphatic carbocycles. The fourth-order valence-electron chi connectivity index (χ4n) is 4.03. The highest BCUT2D eigenvalue weighted by atomic mass is 32.2. The minimum absolute atomic E-state index is 0.0206. The molecule has 174 valence electrons. The average Bonchev–Trinajstić information content (AvgIpc) is 2.81. The number of carbonyl (C=O) groups is 1. The van der Waals surface area contributed by atoms with Gasteiger partial charge in [0.25, 0.3) is 0 Å². The number of nitrogens with one attached hydrogen (secondary N) is 1. The van der Waals surface area contributed by atoms with Crippen molar-refractivity contribution < 1.29 is 22.7 Å². The van der Waals surface area contributed by atoms with E-state index in [1.807, 2.05) is 11.8 Å². The number of thioether (sulfide) groups is 1. The molecule has 0 spiro atoms. The topological polar surface area (TPSA) is 84.9 Å². The van der Waals surface area contributed by atoms with Gasteiger partial charge in [-0.25, -0.2) is 8.42 Å². The van der Waals surface area contributed by atoms with E-state index in [9.17, 15) is 13.2 Å². The molecule has 1 saturated carbocycles. The van der Waals surface area contributed by atoms with E-state index in [4.69, 9.17) is 9.47 Å². The molecule has 1 amide bonds. The van der Waals surface area contributed by atoms with Crippen molar-refractivity contribution in [2.45, 2.75) is 55.1 Å². The van der Waals surface area contributed by atoms with Crippen LogP contribution in [0.2, 0.25) is 0 Å². The highest BCUT2D eigenvalue weighted by molar-refractivity contribution is 7.99. The third-order valence-corrected chi connectivity index (χ3v) is 9.09. The third kappa shape index (κ3) is 7.10. The van der Waals surface area contributed by atoms with E-state index in [1.165, 1.54) is 36.4 Å². The summed E-state index contributed by atoms with van der Waals surface area (Å²) in [4.78, 5) is 12.5. The van der Waals surface area contributed by atoms with E-state index in [0.717, 1.165) is 16.6 Å². The van der Waals surface area contributed by atoms with Gasteiger partial charge in [0.15, 0.2) is 0 Å². The van der Waals surface area contributed by atoms with Crippen LogP contribution in [0.4, 0.5) is 0 Å². The van der Waals surface area contributed by atoms with Crippen LogP contribution in [-0.4, -0.2) is 69.6 Å². The quantitative estimate of drug-likeness (QED) is 0.530. The summed E-state index contributed by atoms with van der Waals surface area (Å²) in [5.41, 5.74) is 0.726. The van der Waals surface area contributed by atoms with Gasteiger partial charge in [-0.3, -0.25) is 4.79 Å². The number of sulfonamides is 1. The first-order valence-corrected chi connectivity index (χ1v) is 13.6. The van der Waals surface area contributed by atoms with Crippen molar-refractivity contribution >= 4 is 27.7 Å². The van der Waals surface area contributed by atoms with E-state index in [-0.39, 0.29) is 10.8 Å². The number of hydrogen-bond acceptors (Lipinski definition) is 6. The van der Waals surface area contributed by atoms with Crippen LogP contribution in [0.3, 0.4) is 0 Å². The standard InChI is InChI=1S/C22H34N2O5S2/c1-28-21-9-8-20(31(26,27)24-12-14-29-15-13-24)17-18(21)7-10-22(25)23-11-16-30-19-5-3-2-4-6-19/h8-9,17,19H,2-7,10-16H2,1H3,(H,23,25). The summed E-state index contributed by atoms with van der Waals surface area (Å²) in [6.45, 7) is 2.18. The van der Waals surface area contributed by atoms with Crippen LogP contribution < -0.4 is 10.1 Å². The number of ether oxygens (including phenoxy) is 2. The minimum atomic E-state index is -3.58. The first-order chi connectivity index (χ1) is 15.0. The summed E-state index contributed by atoms with van der Waals surface area (Å²) >= 11 is 1.96. The molecule has 0 radical (unpaired) electrons. The Morgan fingerprint density at radius 2 is 1.97 bits per heavy atom. The van der Waals surface area contributed by atoms with Crippen LogP contribution in [0, 0.1) is 0 Å². The lowest BCUT2D eigenvalue weighted by Crippen LogP contribution is -2.40. The van der Waals surface area contributed by atoms with Crippen LogP contribution in [0.5, 0.6) is 5.75 Å². The van der Waals surface area contributed by atoms with Gasteiger partial charge in [-0.05, 0) is 43.0 Å². The smallest absolute Gasteiger partial charge is 0.243 e. The summed E-state index contributed by atoms with van der Waals surface area (Å²) in [5.74, 6) is 1.52. The number of benzene rings is 1. The minimum Gasteiger partial charge on any atom is -0.496 e. The zero-order valence-electron chi connectivity index (χ0n) is 18.3. The number of carbonyl (C=O) groups excluding carboxylic acids is 1. The van der Waals surface area contributed by atoms with E-state index < -0.39 is 10.0 Å². The Morgan fingerprint density at radius 1 is 1.23 bits per heavy atom. The lowest BCUT2D eigenvalue weighted by molar-refractivity contribution is -0.120. The predicted molar refractivity (Wildman–Crippen MR) is 123 cm³/mol. The van der Waals surface area contributed by atoms with Crippen molar-refractivity contribution in [1.82, 2.24) is 9.62 Å². The second-order valence-corrected chi connectivity index (χ2v) is 11.3. The third-order valence-electron chi connectivity index (χ3n) is 5.81. The maximum absolute atomic E-state index is 12.9. The zero-order chi connectivity index (χ0) is 22.1. The molecule has 1 heterocycles. The summed E-state index contributed by atoms with van der Waals surface area (Å²) in [5, 5.41) is 3.73. The number of rotatable bonds is 10. The van der Waals surface area contributed by atoms with E-state index in [0.29, 0.717) is 51.4 Å². The van der Waals surface area contributed by atoms with Crippen LogP contribution >= 0.6 is 11.8 Å². The highest BCUT2D eigenvalue weighted by Gasteiger charge is 2.27. The fraction of sp³-hybridized carbons (Fsp3) is 0.682. The van der Waals surface area contributed by atoms with Gasteiger partial charge >= 0.3 is 0 Å². The van der Waals surface area contributed by atoms with Crippen molar-refractivity contribution in [2.75, 3.05) is 45.7 Å². The number of hydrogen-bond donors (Lipinski definition) is 1. The molecule has 2 fully saturated rings. The van der Waals surface area contributed by atoms with Gasteiger partial charge in [0.2, 0.25) is 15.9 Å². The number of aryl methyl sites for hydroxylation is 1. The maximum atomic E-state index is 12.9. The van der Waals surface area contributed by atoms with E-state index in [2.05, 4.69) is 5.32 Å². The van der Waals surface area contributed by atoms with Crippen LogP contribution in [-0.2, 0) is 26.0 Å². The van der Waals surface area contributed by atoms with Crippen molar-refractivity contribution in [3.8, 4) is 5.75 Å². The molecule has 1 N–H and O–H groups in total. The van der Waals surface area contributed by atoms with Crippen LogP contribution in [0.1, 0.15) is 44.1 Å². The molecule has 1 aromatic carbocycles. The molecule has 0 bridgehead atoms. The van der Waals surface area contributed by atoms with Gasteiger partial charge in [-0.2, -0.15) is 16.1 Å². The highest BCUT2D eigenvalue weighted by Crippen LogP contribution is 2.28. The number of amides is 1. The Hall–Kier alpha value is -1.29. The Balaban J connectivity index is 1.51. The molecule has 1 aromatic rings. The van der Waals surface area contributed by atoms with Crippen molar-refractivity contribution in [3.63, 3.8) is 0 Å². The van der Waals surface area contributed by atoms with Crippen LogP contribution in [0.15, 0.2) is 23.1 Å². The Kier molecular flexibility index (Phi) is 9.49. The Bertz CT molecular complexity index is 819. The molecule has 0 unspecified atom stereocenters. The fourth-order valence-corrected chi connectivity index (χ4v) is 6.71. The van der Waals surface area contributed by atoms with E-state index in [1.54, 1.807) is 25.3 Å². The second kappa shape index (κ2) is 12.1. The summed E-state index contributed by atoms with van der Waals surface area (Å²) in [6.07, 6.45) is 7.32. The van der Waals surface area contributed by atoms with Crippen molar-refractivity contribution in [2.24, 2.45) is 0 Å². The second-order valence-electron chi connectivity index (χ2n) is 7.97. The molecule has 31 heavy (non-hydrogen) atoms. The van der Waals surface area contributed by atoms with Crippen molar-refractivity contribution in [3.05, 3.63) is 23.8 Å². The summed E-state index contributed by atoms with van der Waals surface area (Å²) < 4.78 is 38.0. The number of methoxy groups -OCH3 is 1. The normalized spacial score (nSPS) is 18.6. The largest absolute Gasteiger partial charge is 0.496 e. The van der Waals surface area contributed by atoms with Crippen LogP contribution in [0.25, 0.3) is 0 Å². The molecule has 0 atom stereocenters. The number of morpholine rings is 1. The summed E-state index contributed by atoms with van der Waals surface area (Å²) in [6, 6.07) is 4.87. The first kappa shape index (κ1) is 24.4. The first-order valence-electron chi connectivity index (χ1n) is 11.1. The molecular formula is C22H34N2O5S2. The molecular weight excluding hydrogens is 436 g/mol. The molecule has 3 rings (SSSR count). The van der Waals surface area contributed by atoms with Gasteiger partial charge in [-0.15, -0.1) is 0 Å². The van der Waals surface area contributed by atoms with E-state index >= 15 is 0 Å². The zero-order valence-corrected chi connectivity index (χ0v) is 19.9. The van der Waals surface area contributed by atoms with Gasteiger partial charge in [0.1, 0.15) is 5.75 Å². The molecule has 0 aromatic heterocycles. The predicted octanol–water partition coefficient (Wildman–Crippen LogP) is 2.83. The van der Waals surface area contributed by atoms with Gasteiger partial charge < -0.3 is 14.8 Å². The average molecular weight is 471 g/mol. The molecule has 9 heteroatoms. The molecule has 1 aliphatic heterocycles. The molecule has 7 nitrogen and oxygen atoms in total. The molecule has 1 saturated heterocycles. The Morgan fingerprint density at radius 3 is 2.68 bits per heavy atom. The maximum Gasteiger partial charge on any atom is 0.243 e. The van der Waals surface area contributed by atoms with Crippen molar-refractivity contribution in [1.29, 1.82) is 0 Å². The van der Waals surface area contributed by atoms with Gasteiger partial charge in [0.05, 0.1) is 25.2 Å².